The summed E-state index contributed by atoms with van der Waals surface area (Å²) in [6, 6.07) is 6.69. The van der Waals surface area contributed by atoms with Crippen molar-refractivity contribution in [2.24, 2.45) is 0 Å². The smallest absolute Gasteiger partial charge is 0.331 e. The van der Waals surface area contributed by atoms with E-state index < -0.39 is 5.97 Å². The molecular formula is C17H12BrN3O4S. The molecule has 0 fully saturated rings. The van der Waals surface area contributed by atoms with Crippen LogP contribution in [0.3, 0.4) is 0 Å². The molecule has 0 aliphatic carbocycles. The second-order valence-corrected chi connectivity index (χ2v) is 6.87. The summed E-state index contributed by atoms with van der Waals surface area (Å²) in [7, 11) is 0. The topological polar surface area (TPSA) is 94.2 Å². The molecule has 0 saturated heterocycles. The molecule has 9 heteroatoms. The lowest BCUT2D eigenvalue weighted by Crippen LogP contribution is -2.26. The van der Waals surface area contributed by atoms with Gasteiger partial charge in [-0.25, -0.2) is 9.78 Å². The van der Waals surface area contributed by atoms with Crippen molar-refractivity contribution < 1.29 is 14.3 Å². The Hall–Kier alpha value is -2.70. The van der Waals surface area contributed by atoms with E-state index in [0.29, 0.717) is 26.9 Å². The van der Waals surface area contributed by atoms with E-state index in [2.05, 4.69) is 20.9 Å². The van der Waals surface area contributed by atoms with Crippen molar-refractivity contribution in [3.8, 4) is 17.6 Å². The van der Waals surface area contributed by atoms with Gasteiger partial charge in [0, 0.05) is 6.07 Å². The summed E-state index contributed by atoms with van der Waals surface area (Å²) in [6.45, 7) is 1.82. The fourth-order valence-corrected chi connectivity index (χ4v) is 3.53. The third kappa shape index (κ3) is 3.61. The molecule has 2 heterocycles. The molecule has 26 heavy (non-hydrogen) atoms. The second kappa shape index (κ2) is 7.68. The molecule has 3 aromatic rings. The molecule has 0 radical (unpaired) electrons. The van der Waals surface area contributed by atoms with Gasteiger partial charge < -0.3 is 9.47 Å². The lowest BCUT2D eigenvalue weighted by atomic mass is 10.2. The van der Waals surface area contributed by atoms with Crippen LogP contribution < -0.4 is 15.0 Å². The number of fused-ring (bicyclic) bond motifs is 1. The van der Waals surface area contributed by atoms with Gasteiger partial charge in [-0.2, -0.15) is 5.26 Å². The van der Waals surface area contributed by atoms with Gasteiger partial charge in [-0.15, -0.1) is 11.3 Å². The van der Waals surface area contributed by atoms with E-state index in [1.807, 2.05) is 6.07 Å². The first kappa shape index (κ1) is 18.1. The van der Waals surface area contributed by atoms with Gasteiger partial charge in [0.2, 0.25) is 0 Å². The zero-order chi connectivity index (χ0) is 18.7. The van der Waals surface area contributed by atoms with Gasteiger partial charge in [-0.1, -0.05) is 0 Å². The third-order valence-corrected chi connectivity index (χ3v) is 4.81. The van der Waals surface area contributed by atoms with Gasteiger partial charge in [0.05, 0.1) is 34.4 Å². The highest BCUT2D eigenvalue weighted by molar-refractivity contribution is 9.10. The maximum absolute atomic E-state index is 12.3. The van der Waals surface area contributed by atoms with Crippen molar-refractivity contribution >= 4 is 43.5 Å². The van der Waals surface area contributed by atoms with Crippen LogP contribution in [0.25, 0.3) is 10.2 Å². The van der Waals surface area contributed by atoms with Gasteiger partial charge >= 0.3 is 5.97 Å². The van der Waals surface area contributed by atoms with Crippen molar-refractivity contribution in [3.05, 3.63) is 50.3 Å². The molecule has 132 valence electrons. The van der Waals surface area contributed by atoms with Gasteiger partial charge in [0.25, 0.3) is 5.56 Å². The minimum absolute atomic E-state index is 0.161. The lowest BCUT2D eigenvalue weighted by molar-refractivity contribution is -0.135. The first-order chi connectivity index (χ1) is 12.5. The monoisotopic (exact) mass is 433 g/mol. The Kier molecular flexibility index (Phi) is 5.35. The lowest BCUT2D eigenvalue weighted by Gasteiger charge is -2.13. The Labute approximate surface area is 160 Å². The van der Waals surface area contributed by atoms with Gasteiger partial charge in [-0.05, 0) is 40.4 Å². The molecule has 0 aliphatic rings. The van der Waals surface area contributed by atoms with Crippen molar-refractivity contribution in [2.45, 2.75) is 13.5 Å². The molecule has 0 spiro atoms. The highest BCUT2D eigenvalue weighted by Gasteiger charge is 2.17. The Morgan fingerprint density at radius 1 is 1.46 bits per heavy atom. The molecule has 0 unspecified atom stereocenters. The standard InChI is InChI=1S/C17H12BrN3O4S/c1-2-24-13-6-10(7-19)5-12(18)15(13)25-14(22)8-21-9-20-16-11(17(21)23)3-4-26-16/h3-6,9H,2,8H2,1H3. The zero-order valence-electron chi connectivity index (χ0n) is 13.6. The predicted octanol–water partition coefficient (Wildman–Crippen LogP) is 3.10. The molecule has 3 rings (SSSR count). The summed E-state index contributed by atoms with van der Waals surface area (Å²) < 4.78 is 12.4. The van der Waals surface area contributed by atoms with E-state index >= 15 is 0 Å². The van der Waals surface area contributed by atoms with Crippen LogP contribution in [0, 0.1) is 11.3 Å². The summed E-state index contributed by atoms with van der Waals surface area (Å²) in [5.74, 6) is -0.228. The molecule has 0 atom stereocenters. The maximum Gasteiger partial charge on any atom is 0.331 e. The van der Waals surface area contributed by atoms with Crippen molar-refractivity contribution in [2.75, 3.05) is 6.61 Å². The van der Waals surface area contributed by atoms with E-state index in [1.165, 1.54) is 34.4 Å². The van der Waals surface area contributed by atoms with E-state index in [-0.39, 0.29) is 23.6 Å². The average molecular weight is 434 g/mol. The summed E-state index contributed by atoms with van der Waals surface area (Å²) in [5, 5.41) is 11.3. The molecule has 2 aromatic heterocycles. The zero-order valence-corrected chi connectivity index (χ0v) is 16.0. The predicted molar refractivity (Wildman–Crippen MR) is 99.5 cm³/mol. The van der Waals surface area contributed by atoms with Crippen LogP contribution in [-0.4, -0.2) is 22.1 Å². The Morgan fingerprint density at radius 3 is 3.00 bits per heavy atom. The quantitative estimate of drug-likeness (QED) is 0.453. The van der Waals surface area contributed by atoms with Crippen LogP contribution in [0.2, 0.25) is 0 Å². The van der Waals surface area contributed by atoms with Crippen LogP contribution in [0.15, 0.2) is 39.2 Å². The molecule has 0 bridgehead atoms. The second-order valence-electron chi connectivity index (χ2n) is 5.12. The van der Waals surface area contributed by atoms with Crippen LogP contribution in [0.5, 0.6) is 11.5 Å². The van der Waals surface area contributed by atoms with Crippen LogP contribution in [0.1, 0.15) is 12.5 Å². The fourth-order valence-electron chi connectivity index (χ4n) is 2.29. The number of nitriles is 1. The minimum Gasteiger partial charge on any atom is -0.490 e. The van der Waals surface area contributed by atoms with Crippen LogP contribution in [0.4, 0.5) is 0 Å². The fraction of sp³-hybridized carbons (Fsp3) is 0.176. The number of rotatable bonds is 5. The highest BCUT2D eigenvalue weighted by atomic mass is 79.9. The molecule has 0 N–H and O–H groups in total. The van der Waals surface area contributed by atoms with Crippen LogP contribution in [-0.2, 0) is 11.3 Å². The number of ether oxygens (including phenoxy) is 2. The number of halogens is 1. The van der Waals surface area contributed by atoms with E-state index in [4.69, 9.17) is 14.7 Å². The first-order valence-corrected chi connectivity index (χ1v) is 9.20. The maximum atomic E-state index is 12.3. The average Bonchev–Trinajstić information content (AvgIpc) is 3.10. The molecule has 0 amide bonds. The number of esters is 1. The minimum atomic E-state index is -0.658. The molecule has 7 nitrogen and oxygen atoms in total. The normalized spacial score (nSPS) is 10.5. The Balaban J connectivity index is 1.86. The van der Waals surface area contributed by atoms with Crippen molar-refractivity contribution in [1.29, 1.82) is 5.26 Å². The largest absolute Gasteiger partial charge is 0.490 e. The van der Waals surface area contributed by atoms with Crippen molar-refractivity contribution in [3.63, 3.8) is 0 Å². The summed E-state index contributed by atoms with van der Waals surface area (Å²) in [6.07, 6.45) is 1.32. The van der Waals surface area contributed by atoms with E-state index in [0.717, 1.165) is 0 Å². The molecule has 0 aliphatic heterocycles. The molecule has 1 aromatic carbocycles. The summed E-state index contributed by atoms with van der Waals surface area (Å²) in [4.78, 5) is 29.4. The number of hydrogen-bond donors (Lipinski definition) is 0. The van der Waals surface area contributed by atoms with E-state index in [1.54, 1.807) is 18.4 Å². The number of carbonyl (C=O) groups excluding carboxylic acids is 1. The first-order valence-electron chi connectivity index (χ1n) is 7.53. The van der Waals surface area contributed by atoms with Gasteiger partial charge in [0.1, 0.15) is 11.4 Å². The summed E-state index contributed by atoms with van der Waals surface area (Å²) in [5.41, 5.74) is 0.0561. The molecule has 0 saturated carbocycles. The Morgan fingerprint density at radius 2 is 2.27 bits per heavy atom. The number of benzene rings is 1. The number of nitrogens with zero attached hydrogens (tertiary/aromatic N) is 3. The van der Waals surface area contributed by atoms with Gasteiger partial charge in [-0.3, -0.25) is 9.36 Å². The third-order valence-electron chi connectivity index (χ3n) is 3.40. The Bertz CT molecular complexity index is 1080. The van der Waals surface area contributed by atoms with Crippen molar-refractivity contribution in [1.82, 2.24) is 9.55 Å². The summed E-state index contributed by atoms with van der Waals surface area (Å²) >= 11 is 4.63. The molecular weight excluding hydrogens is 422 g/mol. The number of hydrogen-bond acceptors (Lipinski definition) is 7. The number of aromatic nitrogens is 2. The highest BCUT2D eigenvalue weighted by Crippen LogP contribution is 2.37. The van der Waals surface area contributed by atoms with Gasteiger partial charge in [0.15, 0.2) is 11.5 Å². The van der Waals surface area contributed by atoms with E-state index in [9.17, 15) is 9.59 Å². The van der Waals surface area contributed by atoms with Crippen LogP contribution >= 0.6 is 27.3 Å². The number of thiophene rings is 1. The SMILES string of the molecule is CCOc1cc(C#N)cc(Br)c1OC(=O)Cn1cnc2sccc2c1=O. The number of carbonyl (C=O) groups is 1.